The zero-order chi connectivity index (χ0) is 23.8. The summed E-state index contributed by atoms with van der Waals surface area (Å²) in [6, 6.07) is 18.3. The van der Waals surface area contributed by atoms with Gasteiger partial charge in [-0.25, -0.2) is 4.68 Å². The van der Waals surface area contributed by atoms with Gasteiger partial charge in [-0.05, 0) is 53.1 Å². The normalized spacial score (nSPS) is 13.1. The molecule has 0 atom stereocenters. The number of hydrogen-bond donors (Lipinski definition) is 1. The van der Waals surface area contributed by atoms with Crippen LogP contribution in [0.4, 0.5) is 13.2 Å². The van der Waals surface area contributed by atoms with Gasteiger partial charge in [0.25, 0.3) is 0 Å². The summed E-state index contributed by atoms with van der Waals surface area (Å²) in [7, 11) is 0. The van der Waals surface area contributed by atoms with Crippen LogP contribution in [0.2, 0.25) is 0 Å². The molecule has 168 valence electrons. The maximum Gasteiger partial charge on any atom is 0.435 e. The summed E-state index contributed by atoms with van der Waals surface area (Å²) in [6.07, 6.45) is -1.14. The summed E-state index contributed by atoms with van der Waals surface area (Å²) in [6.45, 7) is 3.37. The Morgan fingerprint density at radius 2 is 1.58 bits per heavy atom. The van der Waals surface area contributed by atoms with Gasteiger partial charge in [-0.2, -0.15) is 18.3 Å². The molecule has 4 aromatic rings. The first-order valence-corrected chi connectivity index (χ1v) is 10.5. The van der Waals surface area contributed by atoms with Crippen LogP contribution < -0.4 is 5.73 Å². The minimum absolute atomic E-state index is 0.293. The van der Waals surface area contributed by atoms with Gasteiger partial charge in [0.15, 0.2) is 5.69 Å². The van der Waals surface area contributed by atoms with Crippen LogP contribution in [-0.2, 0) is 11.0 Å². The molecular formula is C26H22F3N3O. The van der Waals surface area contributed by atoms with E-state index < -0.39 is 17.8 Å². The van der Waals surface area contributed by atoms with E-state index in [1.165, 1.54) is 10.8 Å². The number of amides is 1. The number of carbonyl (C=O) groups excluding carboxylic acids is 1. The van der Waals surface area contributed by atoms with Crippen molar-refractivity contribution in [3.63, 3.8) is 0 Å². The fourth-order valence-corrected chi connectivity index (χ4v) is 3.85. The second-order valence-electron chi connectivity index (χ2n) is 7.74. The SMILES string of the molecule is CCC(=CC=C(C)C(N)=O)n1nc(C(F)(F)F)cc1-c1c2ccccc2cc2ccccc12. The second-order valence-corrected chi connectivity index (χ2v) is 7.74. The van der Waals surface area contributed by atoms with E-state index >= 15 is 0 Å². The Balaban J connectivity index is 2.09. The Morgan fingerprint density at radius 1 is 1.00 bits per heavy atom. The molecule has 1 heterocycles. The number of aromatic nitrogens is 2. The minimum atomic E-state index is -4.61. The molecule has 7 heteroatoms. The third-order valence-electron chi connectivity index (χ3n) is 5.58. The van der Waals surface area contributed by atoms with Gasteiger partial charge in [0.1, 0.15) is 0 Å². The molecule has 0 bridgehead atoms. The van der Waals surface area contributed by atoms with E-state index in [0.717, 1.165) is 27.6 Å². The van der Waals surface area contributed by atoms with E-state index in [4.69, 9.17) is 5.73 Å². The number of fused-ring (bicyclic) bond motifs is 2. The van der Waals surface area contributed by atoms with Crippen molar-refractivity contribution in [1.29, 1.82) is 0 Å². The number of halogens is 3. The summed E-state index contributed by atoms with van der Waals surface area (Å²) >= 11 is 0. The van der Waals surface area contributed by atoms with Crippen LogP contribution in [0.3, 0.4) is 0 Å². The van der Waals surface area contributed by atoms with Gasteiger partial charge >= 0.3 is 6.18 Å². The molecule has 33 heavy (non-hydrogen) atoms. The summed E-state index contributed by atoms with van der Waals surface area (Å²) in [5.41, 5.74) is 6.11. The number of alkyl halides is 3. The summed E-state index contributed by atoms with van der Waals surface area (Å²) < 4.78 is 42.6. The van der Waals surface area contributed by atoms with E-state index in [0.29, 0.717) is 28.9 Å². The maximum atomic E-state index is 13.7. The molecule has 0 aliphatic heterocycles. The highest BCUT2D eigenvalue weighted by molar-refractivity contribution is 6.12. The van der Waals surface area contributed by atoms with Crippen LogP contribution in [0.25, 0.3) is 38.5 Å². The monoisotopic (exact) mass is 449 g/mol. The number of nitrogens with two attached hydrogens (primary N) is 1. The fraction of sp³-hybridized carbons (Fsp3) is 0.154. The first-order valence-electron chi connectivity index (χ1n) is 10.5. The average Bonchev–Trinajstić information content (AvgIpc) is 3.23. The van der Waals surface area contributed by atoms with Crippen LogP contribution in [0.5, 0.6) is 0 Å². The molecule has 1 amide bonds. The number of nitrogens with zero attached hydrogens (tertiary/aromatic N) is 2. The van der Waals surface area contributed by atoms with Crippen LogP contribution in [0.1, 0.15) is 26.0 Å². The molecule has 0 radical (unpaired) electrons. The number of hydrogen-bond acceptors (Lipinski definition) is 2. The quantitative estimate of drug-likeness (QED) is 0.213. The van der Waals surface area contributed by atoms with Crippen molar-refractivity contribution in [2.75, 3.05) is 0 Å². The van der Waals surface area contributed by atoms with Crippen molar-refractivity contribution in [2.45, 2.75) is 26.4 Å². The van der Waals surface area contributed by atoms with Crippen molar-refractivity contribution >= 4 is 33.1 Å². The largest absolute Gasteiger partial charge is 0.435 e. The molecule has 2 N–H and O–H groups in total. The molecule has 4 nitrogen and oxygen atoms in total. The van der Waals surface area contributed by atoms with Crippen molar-refractivity contribution in [2.24, 2.45) is 5.73 Å². The second kappa shape index (κ2) is 8.58. The van der Waals surface area contributed by atoms with Crippen molar-refractivity contribution in [3.8, 4) is 11.3 Å². The van der Waals surface area contributed by atoms with Crippen LogP contribution in [0.15, 0.2) is 78.4 Å². The Bertz CT molecular complexity index is 1370. The van der Waals surface area contributed by atoms with Gasteiger partial charge in [-0.3, -0.25) is 4.79 Å². The van der Waals surface area contributed by atoms with Gasteiger partial charge in [-0.15, -0.1) is 0 Å². The number of benzene rings is 3. The minimum Gasteiger partial charge on any atom is -0.366 e. The smallest absolute Gasteiger partial charge is 0.366 e. The lowest BCUT2D eigenvalue weighted by Crippen LogP contribution is -2.11. The lowest BCUT2D eigenvalue weighted by molar-refractivity contribution is -0.141. The molecule has 0 fully saturated rings. The number of allylic oxidation sites excluding steroid dienone is 3. The summed E-state index contributed by atoms with van der Waals surface area (Å²) in [5, 5.41) is 7.42. The van der Waals surface area contributed by atoms with Crippen LogP contribution in [-0.4, -0.2) is 15.7 Å². The zero-order valence-electron chi connectivity index (χ0n) is 18.1. The lowest BCUT2D eigenvalue weighted by Gasteiger charge is -2.15. The number of rotatable bonds is 5. The number of carbonyl (C=O) groups is 1. The summed E-state index contributed by atoms with van der Waals surface area (Å²) in [4.78, 5) is 11.4. The molecule has 4 rings (SSSR count). The van der Waals surface area contributed by atoms with E-state index in [-0.39, 0.29) is 0 Å². The molecular weight excluding hydrogens is 427 g/mol. The zero-order valence-corrected chi connectivity index (χ0v) is 18.1. The van der Waals surface area contributed by atoms with E-state index in [1.807, 2.05) is 61.5 Å². The molecule has 0 saturated heterocycles. The van der Waals surface area contributed by atoms with E-state index in [9.17, 15) is 18.0 Å². The van der Waals surface area contributed by atoms with Crippen LogP contribution >= 0.6 is 0 Å². The first-order chi connectivity index (χ1) is 15.7. The van der Waals surface area contributed by atoms with Gasteiger partial charge in [0.05, 0.1) is 5.69 Å². The fourth-order valence-electron chi connectivity index (χ4n) is 3.85. The first kappa shape index (κ1) is 22.3. The highest BCUT2D eigenvalue weighted by Crippen LogP contribution is 2.40. The Morgan fingerprint density at radius 3 is 2.09 bits per heavy atom. The van der Waals surface area contributed by atoms with E-state index in [2.05, 4.69) is 5.10 Å². The molecule has 1 aromatic heterocycles. The predicted molar refractivity (Wildman–Crippen MR) is 125 cm³/mol. The standard InChI is InChI=1S/C26H22F3N3O/c1-3-19(13-12-16(2)25(30)33)32-22(15-23(31-32)26(27,28)29)24-20-10-6-4-8-17(20)14-18-9-5-7-11-21(18)24/h4-15H,3H2,1-2H3,(H2,30,33). The third-order valence-corrected chi connectivity index (χ3v) is 5.58. The lowest BCUT2D eigenvalue weighted by atomic mass is 9.94. The maximum absolute atomic E-state index is 13.7. The molecule has 0 aliphatic rings. The summed E-state index contributed by atoms with van der Waals surface area (Å²) in [5.74, 6) is -0.599. The van der Waals surface area contributed by atoms with Crippen LogP contribution in [0, 0.1) is 0 Å². The van der Waals surface area contributed by atoms with Gasteiger partial charge in [0, 0.05) is 16.8 Å². The highest BCUT2D eigenvalue weighted by atomic mass is 19.4. The molecule has 0 unspecified atom stereocenters. The Labute approximate surface area is 188 Å². The van der Waals surface area contributed by atoms with Gasteiger partial charge in [0.2, 0.25) is 5.91 Å². The predicted octanol–water partition coefficient (Wildman–Crippen LogP) is 6.56. The molecule has 0 spiro atoms. The van der Waals surface area contributed by atoms with E-state index in [1.54, 1.807) is 13.0 Å². The number of primary amides is 1. The molecule has 0 saturated carbocycles. The topological polar surface area (TPSA) is 60.9 Å². The highest BCUT2D eigenvalue weighted by Gasteiger charge is 2.35. The van der Waals surface area contributed by atoms with Crippen molar-refractivity contribution in [1.82, 2.24) is 9.78 Å². The average molecular weight is 449 g/mol. The third kappa shape index (κ3) is 4.26. The Hall–Kier alpha value is -3.87. The molecule has 3 aromatic carbocycles. The van der Waals surface area contributed by atoms with Crippen molar-refractivity contribution < 1.29 is 18.0 Å². The van der Waals surface area contributed by atoms with Gasteiger partial charge < -0.3 is 5.73 Å². The molecule has 0 aliphatic carbocycles. The van der Waals surface area contributed by atoms with Crippen molar-refractivity contribution in [3.05, 3.63) is 84.1 Å². The van der Waals surface area contributed by atoms with Gasteiger partial charge in [-0.1, -0.05) is 61.5 Å². The Kier molecular flexibility index (Phi) is 5.80.